The number of carbonyl (C=O) groups excluding carboxylic acids is 1. The van der Waals surface area contributed by atoms with E-state index in [1.807, 2.05) is 16.9 Å². The lowest BCUT2D eigenvalue weighted by molar-refractivity contribution is -0.131. The number of aromatic nitrogens is 2. The van der Waals surface area contributed by atoms with E-state index in [4.69, 9.17) is 22.7 Å². The van der Waals surface area contributed by atoms with Crippen LogP contribution in [-0.2, 0) is 16.1 Å². The minimum atomic E-state index is -0.737. The molecule has 1 aliphatic rings. The molecule has 0 aromatic carbocycles. The summed E-state index contributed by atoms with van der Waals surface area (Å²) in [6, 6.07) is 1.88. The first-order valence-electron chi connectivity index (χ1n) is 6.78. The van der Waals surface area contributed by atoms with Crippen LogP contribution in [0.25, 0.3) is 0 Å². The zero-order valence-electron chi connectivity index (χ0n) is 11.4. The minimum Gasteiger partial charge on any atom is -0.392 e. The topological polar surface area (TPSA) is 82.2 Å². The first-order chi connectivity index (χ1) is 9.65. The van der Waals surface area contributed by atoms with Crippen LogP contribution in [0.3, 0.4) is 0 Å². The molecule has 20 heavy (non-hydrogen) atoms. The van der Waals surface area contributed by atoms with Gasteiger partial charge in [-0.2, -0.15) is 5.10 Å². The van der Waals surface area contributed by atoms with Crippen molar-refractivity contribution in [3.63, 3.8) is 0 Å². The summed E-state index contributed by atoms with van der Waals surface area (Å²) in [6.45, 7) is 2.41. The normalized spacial score (nSPS) is 17.6. The smallest absolute Gasteiger partial charge is 0.233 e. The Balaban J connectivity index is 1.81. The van der Waals surface area contributed by atoms with Crippen molar-refractivity contribution >= 4 is 23.1 Å². The summed E-state index contributed by atoms with van der Waals surface area (Å²) in [5, 5.41) is 7.05. The largest absolute Gasteiger partial charge is 0.392 e. The van der Waals surface area contributed by atoms with E-state index in [2.05, 4.69) is 10.4 Å². The summed E-state index contributed by atoms with van der Waals surface area (Å²) in [6.07, 6.45) is 5.58. The Hall–Kier alpha value is -1.47. The van der Waals surface area contributed by atoms with E-state index >= 15 is 0 Å². The highest BCUT2D eigenvalue weighted by molar-refractivity contribution is 7.80. The Labute approximate surface area is 123 Å². The Morgan fingerprint density at radius 1 is 1.50 bits per heavy atom. The van der Waals surface area contributed by atoms with Gasteiger partial charge in [0.1, 0.15) is 5.41 Å². The van der Waals surface area contributed by atoms with E-state index in [9.17, 15) is 4.79 Å². The molecule has 0 spiro atoms. The van der Waals surface area contributed by atoms with E-state index in [0.29, 0.717) is 32.6 Å². The molecule has 1 amide bonds. The number of amides is 1. The van der Waals surface area contributed by atoms with Crippen molar-refractivity contribution in [2.24, 2.45) is 11.1 Å². The van der Waals surface area contributed by atoms with Gasteiger partial charge in [-0.05, 0) is 25.3 Å². The lowest BCUT2D eigenvalue weighted by atomic mass is 9.79. The third-order valence-electron chi connectivity index (χ3n) is 3.66. The summed E-state index contributed by atoms with van der Waals surface area (Å²) in [5.41, 5.74) is 5.05. The number of rotatable bonds is 6. The number of nitrogens with two attached hydrogens (primary N) is 1. The van der Waals surface area contributed by atoms with Gasteiger partial charge in [0.05, 0.1) is 4.99 Å². The van der Waals surface area contributed by atoms with E-state index < -0.39 is 5.41 Å². The quantitative estimate of drug-likeness (QED) is 0.589. The molecule has 0 unspecified atom stereocenters. The minimum absolute atomic E-state index is 0.0752. The molecule has 1 aliphatic heterocycles. The highest BCUT2D eigenvalue weighted by Gasteiger charge is 2.42. The van der Waals surface area contributed by atoms with E-state index in [1.54, 1.807) is 6.20 Å². The van der Waals surface area contributed by atoms with Crippen molar-refractivity contribution in [3.8, 4) is 0 Å². The molecule has 2 rings (SSSR count). The SMILES string of the molecule is NC(=S)C1(C(=O)NCCCn2cccn2)CCOCC1. The molecule has 1 fully saturated rings. The molecule has 0 aliphatic carbocycles. The van der Waals surface area contributed by atoms with Crippen LogP contribution in [-0.4, -0.2) is 40.4 Å². The second kappa shape index (κ2) is 6.81. The van der Waals surface area contributed by atoms with Gasteiger partial charge >= 0.3 is 0 Å². The van der Waals surface area contributed by atoms with Gasteiger partial charge in [0.15, 0.2) is 0 Å². The van der Waals surface area contributed by atoms with E-state index in [0.717, 1.165) is 13.0 Å². The van der Waals surface area contributed by atoms with Crippen molar-refractivity contribution in [2.45, 2.75) is 25.8 Å². The van der Waals surface area contributed by atoms with Crippen LogP contribution in [0.2, 0.25) is 0 Å². The molecule has 110 valence electrons. The molecule has 1 aromatic rings. The number of aryl methyl sites for hydroxylation is 1. The number of ether oxygens (including phenoxy) is 1. The molecular weight excluding hydrogens is 276 g/mol. The number of thiocarbonyl (C=S) groups is 1. The number of hydrogen-bond acceptors (Lipinski definition) is 4. The first kappa shape index (κ1) is 14.9. The predicted molar refractivity (Wildman–Crippen MR) is 79.1 cm³/mol. The van der Waals surface area contributed by atoms with Gasteiger partial charge in [-0.1, -0.05) is 12.2 Å². The summed E-state index contributed by atoms with van der Waals surface area (Å²) < 4.78 is 7.13. The number of nitrogens with one attached hydrogen (secondary N) is 1. The third kappa shape index (κ3) is 3.34. The Morgan fingerprint density at radius 3 is 2.85 bits per heavy atom. The first-order valence-corrected chi connectivity index (χ1v) is 7.19. The van der Waals surface area contributed by atoms with Gasteiger partial charge in [0, 0.05) is 38.7 Å². The fourth-order valence-electron chi connectivity index (χ4n) is 2.35. The zero-order chi connectivity index (χ0) is 14.4. The Kier molecular flexibility index (Phi) is 5.08. The highest BCUT2D eigenvalue weighted by atomic mass is 32.1. The van der Waals surface area contributed by atoms with Gasteiger partial charge < -0.3 is 15.8 Å². The molecule has 0 saturated carbocycles. The van der Waals surface area contributed by atoms with Crippen molar-refractivity contribution in [2.75, 3.05) is 19.8 Å². The van der Waals surface area contributed by atoms with Gasteiger partial charge in [-0.25, -0.2) is 0 Å². The molecule has 2 heterocycles. The molecule has 0 atom stereocenters. The van der Waals surface area contributed by atoms with Crippen LogP contribution in [0.5, 0.6) is 0 Å². The van der Waals surface area contributed by atoms with Gasteiger partial charge in [0.2, 0.25) is 5.91 Å². The lowest BCUT2D eigenvalue weighted by Gasteiger charge is -2.34. The maximum atomic E-state index is 12.4. The van der Waals surface area contributed by atoms with Gasteiger partial charge in [-0.15, -0.1) is 0 Å². The van der Waals surface area contributed by atoms with Crippen LogP contribution < -0.4 is 11.1 Å². The molecule has 0 radical (unpaired) electrons. The van der Waals surface area contributed by atoms with Crippen molar-refractivity contribution in [1.82, 2.24) is 15.1 Å². The monoisotopic (exact) mass is 296 g/mol. The number of carbonyl (C=O) groups is 1. The fourth-order valence-corrected chi connectivity index (χ4v) is 2.65. The molecule has 1 saturated heterocycles. The zero-order valence-corrected chi connectivity index (χ0v) is 12.2. The van der Waals surface area contributed by atoms with Crippen molar-refractivity contribution < 1.29 is 9.53 Å². The molecule has 7 heteroatoms. The molecular formula is C13H20N4O2S. The average molecular weight is 296 g/mol. The summed E-state index contributed by atoms with van der Waals surface area (Å²) >= 11 is 5.09. The summed E-state index contributed by atoms with van der Waals surface area (Å²) in [4.78, 5) is 12.6. The number of nitrogens with zero attached hydrogens (tertiary/aromatic N) is 2. The van der Waals surface area contributed by atoms with Crippen molar-refractivity contribution in [1.29, 1.82) is 0 Å². The van der Waals surface area contributed by atoms with Gasteiger partial charge in [0.25, 0.3) is 0 Å². The third-order valence-corrected chi connectivity index (χ3v) is 4.05. The summed E-state index contributed by atoms with van der Waals surface area (Å²) in [5.74, 6) is -0.0752. The fraction of sp³-hybridized carbons (Fsp3) is 0.615. The standard InChI is InChI=1S/C13H20N4O2S/c14-11(20)13(3-9-19-10-4-13)12(18)15-5-1-7-17-8-2-6-16-17/h2,6,8H,1,3-5,7,9-10H2,(H2,14,20)(H,15,18). The molecule has 6 nitrogen and oxygen atoms in total. The maximum Gasteiger partial charge on any atom is 0.233 e. The van der Waals surface area contributed by atoms with Crippen LogP contribution in [0.1, 0.15) is 19.3 Å². The number of hydrogen-bond donors (Lipinski definition) is 2. The second-order valence-corrected chi connectivity index (χ2v) is 5.38. The summed E-state index contributed by atoms with van der Waals surface area (Å²) in [7, 11) is 0. The van der Waals surface area contributed by atoms with E-state index in [-0.39, 0.29) is 10.9 Å². The predicted octanol–water partition coefficient (Wildman–Crippen LogP) is 0.472. The van der Waals surface area contributed by atoms with Crippen LogP contribution in [0.15, 0.2) is 18.5 Å². The maximum absolute atomic E-state index is 12.4. The second-order valence-electron chi connectivity index (χ2n) is 4.94. The molecule has 1 aromatic heterocycles. The molecule has 3 N–H and O–H groups in total. The van der Waals surface area contributed by atoms with Crippen molar-refractivity contribution in [3.05, 3.63) is 18.5 Å². The molecule has 0 bridgehead atoms. The lowest BCUT2D eigenvalue weighted by Crippen LogP contribution is -2.52. The van der Waals surface area contributed by atoms with Crippen LogP contribution >= 0.6 is 12.2 Å². The van der Waals surface area contributed by atoms with E-state index in [1.165, 1.54) is 0 Å². The van der Waals surface area contributed by atoms with Crippen LogP contribution in [0, 0.1) is 5.41 Å². The average Bonchev–Trinajstić information content (AvgIpc) is 2.97. The Morgan fingerprint density at radius 2 is 2.25 bits per heavy atom. The van der Waals surface area contributed by atoms with Crippen LogP contribution in [0.4, 0.5) is 0 Å². The highest BCUT2D eigenvalue weighted by Crippen LogP contribution is 2.31. The Bertz CT molecular complexity index is 455. The van der Waals surface area contributed by atoms with Gasteiger partial charge in [-0.3, -0.25) is 9.48 Å².